The zero-order chi connectivity index (χ0) is 13.8. The van der Waals surface area contributed by atoms with Crippen molar-refractivity contribution in [1.29, 1.82) is 0 Å². The number of benzene rings is 1. The number of carboxylic acids is 1. The molecule has 98 valence electrons. The molecule has 0 radical (unpaired) electrons. The predicted molar refractivity (Wildman–Crippen MR) is 74.8 cm³/mol. The van der Waals surface area contributed by atoms with Crippen LogP contribution in [0.25, 0.3) is 0 Å². The van der Waals surface area contributed by atoms with Gasteiger partial charge >= 0.3 is 5.97 Å². The van der Waals surface area contributed by atoms with E-state index < -0.39 is 11.9 Å². The second-order valence-corrected chi connectivity index (χ2v) is 4.94. The molecule has 0 fully saturated rings. The third-order valence-corrected chi connectivity index (χ3v) is 3.57. The molecule has 1 atom stereocenters. The van der Waals surface area contributed by atoms with E-state index in [9.17, 15) is 9.90 Å². The van der Waals surface area contributed by atoms with E-state index in [1.54, 1.807) is 42.7 Å². The molecule has 1 unspecified atom stereocenters. The predicted octanol–water partition coefficient (Wildman–Crippen LogP) is 3.80. The SMILES string of the molecule is O=C(O)C(Cc1ccc(Cl)c(Cl)c1)c1ccncc1. The molecule has 3 nitrogen and oxygen atoms in total. The highest BCUT2D eigenvalue weighted by atomic mass is 35.5. The van der Waals surface area contributed by atoms with Crippen molar-refractivity contribution in [1.82, 2.24) is 4.98 Å². The second-order valence-electron chi connectivity index (χ2n) is 4.12. The number of rotatable bonds is 4. The summed E-state index contributed by atoms with van der Waals surface area (Å²) >= 11 is 11.8. The topological polar surface area (TPSA) is 50.2 Å². The van der Waals surface area contributed by atoms with Crippen molar-refractivity contribution < 1.29 is 9.90 Å². The van der Waals surface area contributed by atoms with Gasteiger partial charge < -0.3 is 5.11 Å². The summed E-state index contributed by atoms with van der Waals surface area (Å²) in [6, 6.07) is 8.56. The van der Waals surface area contributed by atoms with Crippen molar-refractivity contribution in [2.75, 3.05) is 0 Å². The van der Waals surface area contributed by atoms with Gasteiger partial charge in [-0.3, -0.25) is 9.78 Å². The molecule has 0 aliphatic carbocycles. The smallest absolute Gasteiger partial charge is 0.311 e. The maximum Gasteiger partial charge on any atom is 0.311 e. The lowest BCUT2D eigenvalue weighted by Gasteiger charge is -2.13. The van der Waals surface area contributed by atoms with Crippen molar-refractivity contribution >= 4 is 29.2 Å². The third kappa shape index (κ3) is 3.46. The Morgan fingerprint density at radius 2 is 1.84 bits per heavy atom. The molecule has 1 N–H and O–H groups in total. The Balaban J connectivity index is 2.27. The Morgan fingerprint density at radius 3 is 2.42 bits per heavy atom. The Kier molecular flexibility index (Phi) is 4.40. The Labute approximate surface area is 120 Å². The lowest BCUT2D eigenvalue weighted by molar-refractivity contribution is -0.138. The number of carboxylic acid groups (broad SMARTS) is 1. The molecule has 5 heteroatoms. The van der Waals surface area contributed by atoms with Gasteiger partial charge in [-0.2, -0.15) is 0 Å². The van der Waals surface area contributed by atoms with Crippen molar-refractivity contribution in [2.45, 2.75) is 12.3 Å². The largest absolute Gasteiger partial charge is 0.481 e. The van der Waals surface area contributed by atoms with Gasteiger partial charge in [0.15, 0.2) is 0 Å². The highest BCUT2D eigenvalue weighted by Gasteiger charge is 2.20. The standard InChI is InChI=1S/C14H11Cl2NO2/c15-12-2-1-9(8-13(12)16)7-11(14(18)19)10-3-5-17-6-4-10/h1-6,8,11H,7H2,(H,18,19). The molecule has 1 heterocycles. The van der Waals surface area contributed by atoms with E-state index in [0.717, 1.165) is 5.56 Å². The quantitative estimate of drug-likeness (QED) is 0.933. The van der Waals surface area contributed by atoms with Crippen LogP contribution in [0.1, 0.15) is 17.0 Å². The van der Waals surface area contributed by atoms with E-state index >= 15 is 0 Å². The van der Waals surface area contributed by atoms with Crippen LogP contribution in [-0.2, 0) is 11.2 Å². The van der Waals surface area contributed by atoms with Crippen LogP contribution in [0.4, 0.5) is 0 Å². The number of nitrogens with zero attached hydrogens (tertiary/aromatic N) is 1. The molecule has 19 heavy (non-hydrogen) atoms. The minimum atomic E-state index is -0.878. The van der Waals surface area contributed by atoms with Gasteiger partial charge in [-0.25, -0.2) is 0 Å². The lowest BCUT2D eigenvalue weighted by atomic mass is 9.93. The molecular formula is C14H11Cl2NO2. The van der Waals surface area contributed by atoms with E-state index in [4.69, 9.17) is 23.2 Å². The number of aromatic nitrogens is 1. The summed E-state index contributed by atoms with van der Waals surface area (Å²) in [5.74, 6) is -1.50. The van der Waals surface area contributed by atoms with Gasteiger partial charge in [-0.05, 0) is 41.8 Å². The number of hydrogen-bond donors (Lipinski definition) is 1. The van der Waals surface area contributed by atoms with Gasteiger partial charge in [0, 0.05) is 12.4 Å². The molecule has 0 saturated heterocycles. The lowest BCUT2D eigenvalue weighted by Crippen LogP contribution is -2.14. The minimum Gasteiger partial charge on any atom is -0.481 e. The Bertz CT molecular complexity index is 587. The molecule has 2 aromatic rings. The molecule has 1 aromatic heterocycles. The molecule has 2 rings (SSSR count). The first-order valence-electron chi connectivity index (χ1n) is 5.64. The molecule has 0 amide bonds. The molecule has 0 spiro atoms. The van der Waals surface area contributed by atoms with Crippen LogP contribution in [0.3, 0.4) is 0 Å². The molecule has 1 aromatic carbocycles. The average molecular weight is 296 g/mol. The van der Waals surface area contributed by atoms with E-state index in [1.165, 1.54) is 0 Å². The van der Waals surface area contributed by atoms with E-state index in [2.05, 4.69) is 4.98 Å². The van der Waals surface area contributed by atoms with E-state index in [1.807, 2.05) is 0 Å². The van der Waals surface area contributed by atoms with Gasteiger partial charge in [0.1, 0.15) is 0 Å². The van der Waals surface area contributed by atoms with Crippen LogP contribution in [0.5, 0.6) is 0 Å². The number of halogens is 2. The first-order chi connectivity index (χ1) is 9.08. The summed E-state index contributed by atoms with van der Waals surface area (Å²) in [5, 5.41) is 10.2. The molecule has 0 aliphatic rings. The van der Waals surface area contributed by atoms with Crippen molar-refractivity contribution in [3.05, 3.63) is 63.9 Å². The summed E-state index contributed by atoms with van der Waals surface area (Å²) in [6.45, 7) is 0. The normalized spacial score (nSPS) is 12.1. The summed E-state index contributed by atoms with van der Waals surface area (Å²) in [4.78, 5) is 15.3. The van der Waals surface area contributed by atoms with Crippen LogP contribution >= 0.6 is 23.2 Å². The zero-order valence-corrected chi connectivity index (χ0v) is 11.4. The minimum absolute atomic E-state index is 0.357. The summed E-state index contributed by atoms with van der Waals surface area (Å²) < 4.78 is 0. The summed E-state index contributed by atoms with van der Waals surface area (Å²) in [6.07, 6.45) is 3.52. The van der Waals surface area contributed by atoms with Crippen molar-refractivity contribution in [2.24, 2.45) is 0 Å². The number of pyridine rings is 1. The maximum atomic E-state index is 11.4. The van der Waals surface area contributed by atoms with Gasteiger partial charge in [0.05, 0.1) is 16.0 Å². The fourth-order valence-electron chi connectivity index (χ4n) is 1.85. The Morgan fingerprint density at radius 1 is 1.16 bits per heavy atom. The molecular weight excluding hydrogens is 285 g/mol. The van der Waals surface area contributed by atoms with Crippen molar-refractivity contribution in [3.8, 4) is 0 Å². The van der Waals surface area contributed by atoms with Crippen LogP contribution < -0.4 is 0 Å². The zero-order valence-electron chi connectivity index (χ0n) is 9.88. The molecule has 0 aliphatic heterocycles. The van der Waals surface area contributed by atoms with E-state index in [-0.39, 0.29) is 0 Å². The van der Waals surface area contributed by atoms with Gasteiger partial charge in [-0.15, -0.1) is 0 Å². The van der Waals surface area contributed by atoms with Gasteiger partial charge in [-0.1, -0.05) is 29.3 Å². The summed E-state index contributed by atoms with van der Waals surface area (Å²) in [7, 11) is 0. The van der Waals surface area contributed by atoms with Gasteiger partial charge in [0.25, 0.3) is 0 Å². The number of aliphatic carboxylic acids is 1. The van der Waals surface area contributed by atoms with Crippen LogP contribution in [0.2, 0.25) is 10.0 Å². The highest BCUT2D eigenvalue weighted by Crippen LogP contribution is 2.26. The average Bonchev–Trinajstić information content (AvgIpc) is 2.40. The van der Waals surface area contributed by atoms with Crippen LogP contribution in [0, 0.1) is 0 Å². The van der Waals surface area contributed by atoms with E-state index in [0.29, 0.717) is 22.0 Å². The molecule has 0 saturated carbocycles. The first-order valence-corrected chi connectivity index (χ1v) is 6.40. The van der Waals surface area contributed by atoms with Crippen molar-refractivity contribution in [3.63, 3.8) is 0 Å². The monoisotopic (exact) mass is 295 g/mol. The summed E-state index contributed by atoms with van der Waals surface area (Å²) in [5.41, 5.74) is 1.55. The molecule has 0 bridgehead atoms. The second kappa shape index (κ2) is 6.04. The first kappa shape index (κ1) is 13.8. The van der Waals surface area contributed by atoms with Crippen LogP contribution in [0.15, 0.2) is 42.7 Å². The van der Waals surface area contributed by atoms with Crippen LogP contribution in [-0.4, -0.2) is 16.1 Å². The fraction of sp³-hybridized carbons (Fsp3) is 0.143. The fourth-order valence-corrected chi connectivity index (χ4v) is 2.17. The maximum absolute atomic E-state index is 11.4. The highest BCUT2D eigenvalue weighted by molar-refractivity contribution is 6.42. The number of hydrogen-bond acceptors (Lipinski definition) is 2. The number of carbonyl (C=O) groups is 1. The third-order valence-electron chi connectivity index (χ3n) is 2.83. The Hall–Kier alpha value is -1.58. The van der Waals surface area contributed by atoms with Gasteiger partial charge in [0.2, 0.25) is 0 Å².